The third kappa shape index (κ3) is 3.25. The van der Waals surface area contributed by atoms with Gasteiger partial charge in [0.05, 0.1) is 13.2 Å². The van der Waals surface area contributed by atoms with Crippen molar-refractivity contribution in [3.05, 3.63) is 57.7 Å². The minimum absolute atomic E-state index is 0.143. The van der Waals surface area contributed by atoms with Crippen molar-refractivity contribution in [2.24, 2.45) is 0 Å². The van der Waals surface area contributed by atoms with Gasteiger partial charge in [-0.25, -0.2) is 4.79 Å². The molecule has 3 heterocycles. The number of hydrogen-bond acceptors (Lipinski definition) is 5. The summed E-state index contributed by atoms with van der Waals surface area (Å²) in [5.74, 6) is 0.135. The Hall–Kier alpha value is -2.71. The Bertz CT molecular complexity index is 1210. The fourth-order valence-electron chi connectivity index (χ4n) is 4.44. The van der Waals surface area contributed by atoms with Gasteiger partial charge in [0.1, 0.15) is 11.9 Å². The molecule has 0 radical (unpaired) electrons. The van der Waals surface area contributed by atoms with Crippen LogP contribution in [-0.4, -0.2) is 47.6 Å². The number of fused-ring (bicyclic) bond motifs is 4. The average molecular weight is 506 g/mol. The maximum absolute atomic E-state index is 13.0. The van der Waals surface area contributed by atoms with Crippen LogP contribution < -0.4 is 9.47 Å². The van der Waals surface area contributed by atoms with Crippen molar-refractivity contribution in [3.8, 4) is 11.5 Å². The summed E-state index contributed by atoms with van der Waals surface area (Å²) in [6, 6.07) is 10.1. The molecule has 0 saturated carbocycles. The summed E-state index contributed by atoms with van der Waals surface area (Å²) in [7, 11) is 1.32. The van der Waals surface area contributed by atoms with E-state index < -0.39 is 18.1 Å². The van der Waals surface area contributed by atoms with Crippen molar-refractivity contribution >= 4 is 50.3 Å². The van der Waals surface area contributed by atoms with Crippen LogP contribution in [0, 0.1) is 0 Å². The van der Waals surface area contributed by atoms with Gasteiger partial charge in [-0.3, -0.25) is 4.79 Å². The van der Waals surface area contributed by atoms with E-state index in [2.05, 4.69) is 20.9 Å². The molecule has 31 heavy (non-hydrogen) atoms. The summed E-state index contributed by atoms with van der Waals surface area (Å²) in [5.41, 5.74) is 3.50. The van der Waals surface area contributed by atoms with Crippen LogP contribution in [0.15, 0.2) is 40.9 Å². The quantitative estimate of drug-likeness (QED) is 0.431. The molecule has 0 bridgehead atoms. The molecule has 2 atom stereocenters. The van der Waals surface area contributed by atoms with Crippen LogP contribution in [0.25, 0.3) is 10.9 Å². The molecule has 0 saturated heterocycles. The maximum Gasteiger partial charge on any atom is 0.328 e. The number of esters is 1. The van der Waals surface area contributed by atoms with Gasteiger partial charge in [0.25, 0.3) is 0 Å². The van der Waals surface area contributed by atoms with Gasteiger partial charge < -0.3 is 24.1 Å². The summed E-state index contributed by atoms with van der Waals surface area (Å²) in [6.07, 6.45) is 0.322. The average Bonchev–Trinajstić information content (AvgIpc) is 3.40. The number of aromatic nitrogens is 1. The zero-order valence-corrected chi connectivity index (χ0v) is 18.8. The SMILES string of the molecule is COC(=O)C1Cc2c([nH]c3ccc(Br)cc23)C(c2ccc3c(c2)OCO3)N1C(=O)CCl. The molecule has 0 fully saturated rings. The van der Waals surface area contributed by atoms with Crippen LogP contribution in [0.5, 0.6) is 11.5 Å². The van der Waals surface area contributed by atoms with Crippen molar-refractivity contribution in [1.82, 2.24) is 9.88 Å². The Kier molecular flexibility index (Phi) is 5.06. The molecular formula is C22H18BrClN2O5. The van der Waals surface area contributed by atoms with Gasteiger partial charge in [-0.1, -0.05) is 22.0 Å². The molecule has 1 amide bonds. The third-order valence-corrected chi connectivity index (χ3v) is 6.50. The number of methoxy groups -OCH3 is 1. The van der Waals surface area contributed by atoms with E-state index in [4.69, 9.17) is 25.8 Å². The zero-order valence-electron chi connectivity index (χ0n) is 16.5. The second-order valence-corrected chi connectivity index (χ2v) is 8.58. The minimum Gasteiger partial charge on any atom is -0.467 e. The number of nitrogens with one attached hydrogen (secondary N) is 1. The van der Waals surface area contributed by atoms with Crippen molar-refractivity contribution < 1.29 is 23.8 Å². The number of hydrogen-bond donors (Lipinski definition) is 1. The van der Waals surface area contributed by atoms with E-state index in [1.165, 1.54) is 12.0 Å². The van der Waals surface area contributed by atoms with Gasteiger partial charge in [0.15, 0.2) is 11.5 Å². The Labute approximate surface area is 191 Å². The van der Waals surface area contributed by atoms with E-state index in [1.807, 2.05) is 36.4 Å². The molecule has 7 nitrogen and oxygen atoms in total. The molecule has 2 aliphatic heterocycles. The lowest BCUT2D eigenvalue weighted by Crippen LogP contribution is -2.52. The van der Waals surface area contributed by atoms with E-state index in [1.54, 1.807) is 0 Å². The predicted octanol–water partition coefficient (Wildman–Crippen LogP) is 3.91. The number of rotatable bonds is 3. The van der Waals surface area contributed by atoms with E-state index >= 15 is 0 Å². The number of carbonyl (C=O) groups is 2. The largest absolute Gasteiger partial charge is 0.467 e. The normalized spacial score (nSPS) is 19.4. The Morgan fingerprint density at radius 2 is 2.03 bits per heavy atom. The zero-order chi connectivity index (χ0) is 21.7. The summed E-state index contributed by atoms with van der Waals surface area (Å²) in [5, 5.41) is 0.988. The van der Waals surface area contributed by atoms with Crippen LogP contribution in [-0.2, 0) is 20.7 Å². The molecular weight excluding hydrogens is 488 g/mol. The monoisotopic (exact) mass is 504 g/mol. The van der Waals surface area contributed by atoms with E-state index in [9.17, 15) is 9.59 Å². The summed E-state index contributed by atoms with van der Waals surface area (Å²) in [6.45, 7) is 0.143. The summed E-state index contributed by atoms with van der Waals surface area (Å²) in [4.78, 5) is 30.8. The number of alkyl halides is 1. The van der Waals surface area contributed by atoms with Crippen molar-refractivity contribution in [3.63, 3.8) is 0 Å². The van der Waals surface area contributed by atoms with E-state index in [0.717, 1.165) is 32.2 Å². The van der Waals surface area contributed by atoms with Gasteiger partial charge in [0.2, 0.25) is 12.7 Å². The Morgan fingerprint density at radius 1 is 1.23 bits per heavy atom. The second-order valence-electron chi connectivity index (χ2n) is 7.40. The van der Waals surface area contributed by atoms with Crippen LogP contribution >= 0.6 is 27.5 Å². The fraction of sp³-hybridized carbons (Fsp3) is 0.273. The van der Waals surface area contributed by atoms with E-state index in [0.29, 0.717) is 17.9 Å². The summed E-state index contributed by atoms with van der Waals surface area (Å²) >= 11 is 9.49. The predicted molar refractivity (Wildman–Crippen MR) is 117 cm³/mol. The third-order valence-electron chi connectivity index (χ3n) is 5.77. The number of nitrogens with zero attached hydrogens (tertiary/aromatic N) is 1. The van der Waals surface area contributed by atoms with Crippen LogP contribution in [0.2, 0.25) is 0 Å². The number of carbonyl (C=O) groups excluding carboxylic acids is 2. The Balaban J connectivity index is 1.76. The second kappa shape index (κ2) is 7.76. The first kappa shape index (κ1) is 20.2. The highest BCUT2D eigenvalue weighted by Crippen LogP contribution is 2.44. The van der Waals surface area contributed by atoms with Crippen molar-refractivity contribution in [2.75, 3.05) is 19.8 Å². The lowest BCUT2D eigenvalue weighted by molar-refractivity contribution is -0.154. The summed E-state index contributed by atoms with van der Waals surface area (Å²) < 4.78 is 17.0. The highest BCUT2D eigenvalue weighted by atomic mass is 79.9. The molecule has 160 valence electrons. The molecule has 1 N–H and O–H groups in total. The van der Waals surface area contributed by atoms with E-state index in [-0.39, 0.29) is 18.6 Å². The first-order valence-electron chi connectivity index (χ1n) is 9.66. The molecule has 2 aliphatic rings. The molecule has 2 unspecified atom stereocenters. The van der Waals surface area contributed by atoms with Crippen LogP contribution in [0.1, 0.15) is 22.9 Å². The topological polar surface area (TPSA) is 80.9 Å². The number of benzene rings is 2. The highest BCUT2D eigenvalue weighted by Gasteiger charge is 2.44. The van der Waals surface area contributed by atoms with Crippen LogP contribution in [0.3, 0.4) is 0 Å². The van der Waals surface area contributed by atoms with Gasteiger partial charge in [0, 0.05) is 27.5 Å². The highest BCUT2D eigenvalue weighted by molar-refractivity contribution is 9.10. The first-order valence-corrected chi connectivity index (χ1v) is 11.0. The number of halogens is 2. The number of ether oxygens (including phenoxy) is 3. The minimum atomic E-state index is -0.808. The smallest absolute Gasteiger partial charge is 0.328 e. The molecule has 9 heteroatoms. The van der Waals surface area contributed by atoms with Crippen molar-refractivity contribution in [2.45, 2.75) is 18.5 Å². The number of amides is 1. The standard InChI is InChI=1S/C22H18BrClN2O5/c1-29-22(28)16-8-14-13-7-12(23)3-4-15(13)25-20(14)21(26(16)19(27)9-24)11-2-5-17-18(6-11)31-10-30-17/h2-7,16,21,25H,8-10H2,1H3. The van der Waals surface area contributed by atoms with Crippen molar-refractivity contribution in [1.29, 1.82) is 0 Å². The number of H-pyrrole nitrogens is 1. The molecule has 0 spiro atoms. The Morgan fingerprint density at radius 3 is 2.81 bits per heavy atom. The molecule has 2 aromatic carbocycles. The van der Waals surface area contributed by atoms with Gasteiger partial charge in [-0.15, -0.1) is 11.6 Å². The lowest BCUT2D eigenvalue weighted by atomic mass is 9.87. The molecule has 3 aromatic rings. The van der Waals surface area contributed by atoms with Gasteiger partial charge >= 0.3 is 5.97 Å². The fourth-order valence-corrected chi connectivity index (χ4v) is 4.93. The molecule has 1 aromatic heterocycles. The molecule has 5 rings (SSSR count). The number of aromatic amines is 1. The van der Waals surface area contributed by atoms with Gasteiger partial charge in [-0.2, -0.15) is 0 Å². The first-order chi connectivity index (χ1) is 15.0. The molecule has 0 aliphatic carbocycles. The van der Waals surface area contributed by atoms with Gasteiger partial charge in [-0.05, 0) is 41.5 Å². The maximum atomic E-state index is 13.0. The lowest BCUT2D eigenvalue weighted by Gasteiger charge is -2.40. The van der Waals surface area contributed by atoms with Crippen LogP contribution in [0.4, 0.5) is 0 Å².